The minimum Gasteiger partial charge on any atom is -0.497 e. The van der Waals surface area contributed by atoms with E-state index in [4.69, 9.17) is 14.6 Å². The van der Waals surface area contributed by atoms with Gasteiger partial charge in [0.15, 0.2) is 0 Å². The molecule has 0 aliphatic carbocycles. The SMILES string of the molecule is COc1ccc(Oc2c(-c3ccc(C)cc3)c(-c3ccc(C)cc3)nn(Cc3ccccc3C)c2=O)cc1. The third kappa shape index (κ3) is 5.23. The lowest BCUT2D eigenvalue weighted by Gasteiger charge is -2.18. The molecule has 0 unspecified atom stereocenters. The van der Waals surface area contributed by atoms with Crippen molar-refractivity contribution in [3.05, 3.63) is 130 Å². The van der Waals surface area contributed by atoms with Gasteiger partial charge in [-0.2, -0.15) is 5.10 Å². The van der Waals surface area contributed by atoms with E-state index in [9.17, 15) is 4.79 Å². The largest absolute Gasteiger partial charge is 0.497 e. The normalized spacial score (nSPS) is 10.8. The van der Waals surface area contributed by atoms with Gasteiger partial charge >= 0.3 is 5.56 Å². The molecule has 5 aromatic rings. The van der Waals surface area contributed by atoms with Gasteiger partial charge in [-0.05, 0) is 61.7 Å². The number of hydrogen-bond acceptors (Lipinski definition) is 4. The Kier molecular flexibility index (Phi) is 7.09. The maximum Gasteiger partial charge on any atom is 0.310 e. The van der Waals surface area contributed by atoms with E-state index < -0.39 is 0 Å². The maximum absolute atomic E-state index is 14.1. The molecular formula is C33H30N2O3. The number of aryl methyl sites for hydroxylation is 3. The van der Waals surface area contributed by atoms with Gasteiger partial charge in [-0.25, -0.2) is 4.68 Å². The summed E-state index contributed by atoms with van der Waals surface area (Å²) in [6.07, 6.45) is 0. The predicted molar refractivity (Wildman–Crippen MR) is 152 cm³/mol. The molecule has 0 saturated carbocycles. The van der Waals surface area contributed by atoms with Crippen molar-refractivity contribution < 1.29 is 9.47 Å². The van der Waals surface area contributed by atoms with Crippen LogP contribution < -0.4 is 15.0 Å². The molecule has 0 bridgehead atoms. The Hall–Kier alpha value is -4.64. The lowest BCUT2D eigenvalue weighted by molar-refractivity contribution is 0.412. The van der Waals surface area contributed by atoms with Crippen molar-refractivity contribution in [2.45, 2.75) is 27.3 Å². The molecule has 5 rings (SSSR count). The second-order valence-corrected chi connectivity index (χ2v) is 9.45. The zero-order valence-electron chi connectivity index (χ0n) is 22.1. The third-order valence-corrected chi connectivity index (χ3v) is 6.64. The van der Waals surface area contributed by atoms with E-state index >= 15 is 0 Å². The topological polar surface area (TPSA) is 53.4 Å². The first-order chi connectivity index (χ1) is 18.4. The summed E-state index contributed by atoms with van der Waals surface area (Å²) < 4.78 is 13.2. The summed E-state index contributed by atoms with van der Waals surface area (Å²) in [6.45, 7) is 6.46. The molecule has 38 heavy (non-hydrogen) atoms. The molecule has 5 heteroatoms. The van der Waals surface area contributed by atoms with Crippen LogP contribution in [-0.4, -0.2) is 16.9 Å². The van der Waals surface area contributed by atoms with Crippen LogP contribution in [0.2, 0.25) is 0 Å². The van der Waals surface area contributed by atoms with Gasteiger partial charge < -0.3 is 9.47 Å². The molecule has 0 atom stereocenters. The van der Waals surface area contributed by atoms with Crippen molar-refractivity contribution in [3.63, 3.8) is 0 Å². The molecule has 0 aliphatic rings. The van der Waals surface area contributed by atoms with Gasteiger partial charge in [-0.1, -0.05) is 83.9 Å². The van der Waals surface area contributed by atoms with Crippen molar-refractivity contribution in [2.24, 2.45) is 0 Å². The fourth-order valence-corrected chi connectivity index (χ4v) is 4.36. The summed E-state index contributed by atoms with van der Waals surface area (Å²) in [5.74, 6) is 1.49. The van der Waals surface area contributed by atoms with Crippen molar-refractivity contribution in [2.75, 3.05) is 7.11 Å². The molecule has 5 nitrogen and oxygen atoms in total. The standard InChI is InChI=1S/C33H30N2O3/c1-22-9-13-25(14-10-22)30-31(26-15-11-23(2)12-16-26)34-35(21-27-8-6-5-7-24(27)3)33(36)32(30)38-29-19-17-28(37-4)18-20-29/h5-20H,21H2,1-4H3. The highest BCUT2D eigenvalue weighted by atomic mass is 16.5. The Labute approximate surface area is 222 Å². The Bertz CT molecular complexity index is 1620. The summed E-state index contributed by atoms with van der Waals surface area (Å²) in [5.41, 5.74) is 7.22. The van der Waals surface area contributed by atoms with Gasteiger partial charge in [-0.15, -0.1) is 0 Å². The van der Waals surface area contributed by atoms with Crippen molar-refractivity contribution in [1.82, 2.24) is 9.78 Å². The molecule has 0 N–H and O–H groups in total. The minimum atomic E-state index is -0.296. The van der Waals surface area contributed by atoms with Crippen LogP contribution in [0, 0.1) is 20.8 Å². The van der Waals surface area contributed by atoms with Crippen LogP contribution in [-0.2, 0) is 6.54 Å². The zero-order chi connectivity index (χ0) is 26.6. The summed E-state index contributed by atoms with van der Waals surface area (Å²) in [7, 11) is 1.62. The fourth-order valence-electron chi connectivity index (χ4n) is 4.36. The number of rotatable bonds is 7. The van der Waals surface area contributed by atoms with E-state index in [0.29, 0.717) is 29.3 Å². The molecule has 0 aliphatic heterocycles. The highest BCUT2D eigenvalue weighted by Gasteiger charge is 2.23. The predicted octanol–water partition coefficient (Wildman–Crippen LogP) is 7.35. The smallest absolute Gasteiger partial charge is 0.310 e. The molecule has 0 spiro atoms. The second kappa shape index (κ2) is 10.8. The van der Waals surface area contributed by atoms with Gasteiger partial charge in [-0.3, -0.25) is 4.79 Å². The Morgan fingerprint density at radius 2 is 1.29 bits per heavy atom. The molecule has 0 fully saturated rings. The Balaban J connectivity index is 1.77. The van der Waals surface area contributed by atoms with Gasteiger partial charge in [0.05, 0.1) is 19.2 Å². The number of ether oxygens (including phenoxy) is 2. The highest BCUT2D eigenvalue weighted by molar-refractivity contribution is 5.85. The summed E-state index contributed by atoms with van der Waals surface area (Å²) in [5, 5.41) is 4.94. The van der Waals surface area contributed by atoms with E-state index in [2.05, 4.69) is 19.1 Å². The summed E-state index contributed by atoms with van der Waals surface area (Å²) in [6, 6.07) is 31.5. The van der Waals surface area contributed by atoms with Gasteiger partial charge in [0.2, 0.25) is 5.75 Å². The van der Waals surface area contributed by atoms with Crippen LogP contribution in [0.4, 0.5) is 0 Å². The van der Waals surface area contributed by atoms with E-state index in [0.717, 1.165) is 33.4 Å². The lowest BCUT2D eigenvalue weighted by Crippen LogP contribution is -2.26. The van der Waals surface area contributed by atoms with Crippen LogP contribution in [0.15, 0.2) is 102 Å². The molecule has 0 saturated heterocycles. The Morgan fingerprint density at radius 1 is 0.711 bits per heavy atom. The highest BCUT2D eigenvalue weighted by Crippen LogP contribution is 2.38. The molecule has 4 aromatic carbocycles. The molecule has 1 aromatic heterocycles. The number of methoxy groups -OCH3 is 1. The van der Waals surface area contributed by atoms with Gasteiger partial charge in [0.1, 0.15) is 17.2 Å². The fraction of sp³-hybridized carbons (Fsp3) is 0.152. The maximum atomic E-state index is 14.1. The number of nitrogens with zero attached hydrogens (tertiary/aromatic N) is 2. The first kappa shape index (κ1) is 25.0. The van der Waals surface area contributed by atoms with Crippen LogP contribution >= 0.6 is 0 Å². The van der Waals surface area contributed by atoms with E-state index in [1.165, 1.54) is 4.68 Å². The van der Waals surface area contributed by atoms with Gasteiger partial charge in [0, 0.05) is 5.56 Å². The number of benzene rings is 4. The average molecular weight is 503 g/mol. The van der Waals surface area contributed by atoms with Crippen LogP contribution in [0.1, 0.15) is 22.3 Å². The monoisotopic (exact) mass is 502 g/mol. The van der Waals surface area contributed by atoms with E-state index in [1.54, 1.807) is 19.2 Å². The number of hydrogen-bond donors (Lipinski definition) is 0. The van der Waals surface area contributed by atoms with E-state index in [1.807, 2.05) is 86.6 Å². The van der Waals surface area contributed by atoms with Crippen molar-refractivity contribution in [3.8, 4) is 39.6 Å². The lowest BCUT2D eigenvalue weighted by atomic mass is 9.97. The van der Waals surface area contributed by atoms with Crippen LogP contribution in [0.3, 0.4) is 0 Å². The molecular weight excluding hydrogens is 472 g/mol. The zero-order valence-corrected chi connectivity index (χ0v) is 22.1. The second-order valence-electron chi connectivity index (χ2n) is 9.45. The van der Waals surface area contributed by atoms with Crippen molar-refractivity contribution in [1.29, 1.82) is 0 Å². The first-order valence-corrected chi connectivity index (χ1v) is 12.6. The molecule has 0 radical (unpaired) electrons. The number of aromatic nitrogens is 2. The third-order valence-electron chi connectivity index (χ3n) is 6.64. The molecule has 0 amide bonds. The van der Waals surface area contributed by atoms with Crippen LogP contribution in [0.25, 0.3) is 22.4 Å². The quantitative estimate of drug-likeness (QED) is 0.233. The Morgan fingerprint density at radius 3 is 1.89 bits per heavy atom. The van der Waals surface area contributed by atoms with E-state index in [-0.39, 0.29) is 11.3 Å². The molecule has 1 heterocycles. The average Bonchev–Trinajstić information content (AvgIpc) is 2.93. The van der Waals surface area contributed by atoms with Crippen LogP contribution in [0.5, 0.6) is 17.2 Å². The minimum absolute atomic E-state index is 0.234. The van der Waals surface area contributed by atoms with Crippen molar-refractivity contribution >= 4 is 0 Å². The summed E-state index contributed by atoms with van der Waals surface area (Å²) in [4.78, 5) is 14.1. The summed E-state index contributed by atoms with van der Waals surface area (Å²) >= 11 is 0. The van der Waals surface area contributed by atoms with Gasteiger partial charge in [0.25, 0.3) is 0 Å². The first-order valence-electron chi connectivity index (χ1n) is 12.6. The molecule has 190 valence electrons.